The van der Waals surface area contributed by atoms with E-state index in [1.54, 1.807) is 6.08 Å². The highest BCUT2D eigenvalue weighted by molar-refractivity contribution is 5.92. The topological polar surface area (TPSA) is 138 Å². The molecule has 8 heteroatoms. The minimum atomic E-state index is -1.73. The molecule has 4 saturated carbocycles. The van der Waals surface area contributed by atoms with E-state index in [1.807, 2.05) is 19.1 Å². The molecule has 0 spiro atoms. The predicted octanol–water partition coefficient (Wildman–Crippen LogP) is 2.86. The number of carbonyl (C=O) groups is 4. The number of allylic oxidation sites excluding steroid dienone is 3. The van der Waals surface area contributed by atoms with E-state index in [0.717, 1.165) is 18.4 Å². The van der Waals surface area contributed by atoms with Crippen molar-refractivity contribution in [2.24, 2.45) is 52.3 Å². The second kappa shape index (κ2) is 8.59. The van der Waals surface area contributed by atoms with Crippen LogP contribution in [0.2, 0.25) is 0 Å². The van der Waals surface area contributed by atoms with Crippen LogP contribution in [0.25, 0.3) is 0 Å². The van der Waals surface area contributed by atoms with Crippen LogP contribution in [-0.2, 0) is 23.9 Å². The highest BCUT2D eigenvalue weighted by Crippen LogP contribution is 2.67. The first-order valence-corrected chi connectivity index (χ1v) is 14.2. The Bertz CT molecular complexity index is 1150. The molecular formula is C30H38O8. The van der Waals surface area contributed by atoms with Gasteiger partial charge < -0.3 is 20.1 Å². The first kappa shape index (κ1) is 25.9. The molecule has 0 aromatic heterocycles. The van der Waals surface area contributed by atoms with Crippen LogP contribution in [0.4, 0.5) is 0 Å². The monoisotopic (exact) mass is 526 g/mol. The summed E-state index contributed by atoms with van der Waals surface area (Å²) in [5, 5.41) is 33.0. The lowest BCUT2D eigenvalue weighted by Crippen LogP contribution is -2.62. The molecule has 8 nitrogen and oxygen atoms in total. The van der Waals surface area contributed by atoms with Crippen molar-refractivity contribution in [2.75, 3.05) is 6.61 Å². The molecule has 206 valence electrons. The molecule has 6 aliphatic rings. The summed E-state index contributed by atoms with van der Waals surface area (Å²) in [6, 6.07) is 0. The minimum absolute atomic E-state index is 0.0252. The van der Waals surface area contributed by atoms with Crippen LogP contribution in [0.1, 0.15) is 65.2 Å². The van der Waals surface area contributed by atoms with E-state index in [0.29, 0.717) is 25.7 Å². The van der Waals surface area contributed by atoms with Crippen LogP contribution in [0.3, 0.4) is 0 Å². The number of fused-ring (bicyclic) bond motifs is 7. The van der Waals surface area contributed by atoms with E-state index >= 15 is 0 Å². The summed E-state index contributed by atoms with van der Waals surface area (Å²) in [4.78, 5) is 50.4. The van der Waals surface area contributed by atoms with Gasteiger partial charge in [-0.25, -0.2) is 0 Å². The van der Waals surface area contributed by atoms with Gasteiger partial charge in [0.15, 0.2) is 12.4 Å². The van der Waals surface area contributed by atoms with Gasteiger partial charge in [-0.1, -0.05) is 31.6 Å². The van der Waals surface area contributed by atoms with E-state index in [4.69, 9.17) is 4.74 Å². The SMILES string of the molecule is C[C@]12CCC(=O)C=C1CC[C@@H]1[C@@H]2[C@H](O)C[C@@]2(C)[C@H]1CC[C@@]2(O)C(=O)COC(=O)[C@H]1[C@@H](C(=O)O)[C@H]2C=C[C@H]1C2. The fourth-order valence-corrected chi connectivity index (χ4v) is 9.98. The highest BCUT2D eigenvalue weighted by atomic mass is 16.5. The van der Waals surface area contributed by atoms with Crippen molar-refractivity contribution >= 4 is 23.5 Å². The molecule has 4 fully saturated rings. The number of aliphatic hydroxyl groups is 2. The zero-order chi connectivity index (χ0) is 27.2. The molecule has 0 aliphatic heterocycles. The molecule has 0 heterocycles. The fourth-order valence-electron chi connectivity index (χ4n) is 9.98. The Hall–Kier alpha value is -2.32. The summed E-state index contributed by atoms with van der Waals surface area (Å²) >= 11 is 0. The van der Waals surface area contributed by atoms with Crippen LogP contribution in [0, 0.1) is 52.3 Å². The molecule has 0 radical (unpaired) electrons. The number of carbonyl (C=O) groups excluding carboxylic acids is 3. The van der Waals surface area contributed by atoms with Crippen molar-refractivity contribution in [1.82, 2.24) is 0 Å². The quantitative estimate of drug-likeness (QED) is 0.367. The van der Waals surface area contributed by atoms with Crippen molar-refractivity contribution in [2.45, 2.75) is 76.9 Å². The number of aliphatic carboxylic acids is 1. The second-order valence-electron chi connectivity index (χ2n) is 13.3. The number of hydrogen-bond donors (Lipinski definition) is 3. The standard InChI is InChI=1S/C30H38O8/c1-28-9-7-18(31)12-17(28)5-6-19-20-8-10-30(37,29(20,2)13-21(32)25(19)28)22(33)14-38-27(36)24-16-4-3-15(11-16)23(24)26(34)35/h3-4,12,15-16,19-21,23-25,32,37H,5-11,13-14H2,1-2H3,(H,34,35)/t15-,16-,19-,20-,21+,23-,24+,25+,28-,29-,30+/m0/s1. The maximum atomic E-state index is 13.5. The molecule has 0 amide bonds. The van der Waals surface area contributed by atoms with Crippen LogP contribution >= 0.6 is 0 Å². The molecule has 3 N–H and O–H groups in total. The summed E-state index contributed by atoms with van der Waals surface area (Å²) in [6.45, 7) is 3.45. The zero-order valence-corrected chi connectivity index (χ0v) is 22.1. The number of Topliss-reactive ketones (excluding diaryl/α,β-unsaturated/α-hetero) is 1. The van der Waals surface area contributed by atoms with Crippen molar-refractivity contribution in [1.29, 1.82) is 0 Å². The van der Waals surface area contributed by atoms with Crippen LogP contribution < -0.4 is 0 Å². The molecule has 0 unspecified atom stereocenters. The largest absolute Gasteiger partial charge is 0.481 e. The molecule has 11 atom stereocenters. The van der Waals surface area contributed by atoms with Gasteiger partial charge >= 0.3 is 11.9 Å². The number of ether oxygens (including phenoxy) is 1. The normalized spacial score (nSPS) is 48.6. The summed E-state index contributed by atoms with van der Waals surface area (Å²) < 4.78 is 5.41. The fraction of sp³-hybridized carbons (Fsp3) is 0.733. The van der Waals surface area contributed by atoms with E-state index < -0.39 is 53.3 Å². The second-order valence-corrected chi connectivity index (χ2v) is 13.3. The van der Waals surface area contributed by atoms with Gasteiger partial charge in [0.1, 0.15) is 5.60 Å². The number of carboxylic acids is 1. The summed E-state index contributed by atoms with van der Waals surface area (Å²) in [5.41, 5.74) is -1.72. The van der Waals surface area contributed by atoms with Gasteiger partial charge in [-0.15, -0.1) is 0 Å². The molecule has 38 heavy (non-hydrogen) atoms. The van der Waals surface area contributed by atoms with Gasteiger partial charge in [-0.3, -0.25) is 19.2 Å². The molecule has 0 aromatic carbocycles. The lowest BCUT2D eigenvalue weighted by atomic mass is 9.45. The van der Waals surface area contributed by atoms with E-state index in [-0.39, 0.29) is 53.6 Å². The van der Waals surface area contributed by atoms with E-state index in [1.165, 1.54) is 0 Å². The Morgan fingerprint density at radius 1 is 1.05 bits per heavy atom. The van der Waals surface area contributed by atoms with E-state index in [2.05, 4.69) is 6.92 Å². The molecule has 6 rings (SSSR count). The Morgan fingerprint density at radius 2 is 1.76 bits per heavy atom. The lowest BCUT2D eigenvalue weighted by Gasteiger charge is -2.60. The summed E-state index contributed by atoms with van der Waals surface area (Å²) in [6.07, 6.45) is 9.31. The van der Waals surface area contributed by atoms with Crippen molar-refractivity contribution in [3.8, 4) is 0 Å². The third-order valence-electron chi connectivity index (χ3n) is 11.9. The number of rotatable bonds is 5. The lowest BCUT2D eigenvalue weighted by molar-refractivity contribution is -0.185. The van der Waals surface area contributed by atoms with Gasteiger partial charge in [-0.2, -0.15) is 0 Å². The molecule has 0 saturated heterocycles. The first-order valence-electron chi connectivity index (χ1n) is 14.2. The van der Waals surface area contributed by atoms with E-state index in [9.17, 15) is 34.5 Å². The molecule has 2 bridgehead atoms. The smallest absolute Gasteiger partial charge is 0.310 e. The van der Waals surface area contributed by atoms with Gasteiger partial charge in [0.2, 0.25) is 5.78 Å². The van der Waals surface area contributed by atoms with Gasteiger partial charge in [-0.05, 0) is 86.0 Å². The number of esters is 1. The van der Waals surface area contributed by atoms with Crippen LogP contribution in [0.5, 0.6) is 0 Å². The predicted molar refractivity (Wildman–Crippen MR) is 134 cm³/mol. The number of aliphatic hydroxyl groups excluding tert-OH is 1. The third kappa shape index (κ3) is 3.41. The minimum Gasteiger partial charge on any atom is -0.481 e. The summed E-state index contributed by atoms with van der Waals surface area (Å²) in [5.74, 6) is -4.09. The van der Waals surface area contributed by atoms with Gasteiger partial charge in [0.05, 0.1) is 17.9 Å². The van der Waals surface area contributed by atoms with Crippen LogP contribution in [0.15, 0.2) is 23.8 Å². The third-order valence-corrected chi connectivity index (χ3v) is 11.9. The number of carboxylic acid groups (broad SMARTS) is 1. The Kier molecular flexibility index (Phi) is 5.86. The Labute approximate surface area is 222 Å². The van der Waals surface area contributed by atoms with Crippen LogP contribution in [-0.4, -0.2) is 57.1 Å². The average Bonchev–Trinajstić information content (AvgIpc) is 3.55. The van der Waals surface area contributed by atoms with Crippen molar-refractivity contribution < 1.29 is 39.2 Å². The molecule has 0 aromatic rings. The molecular weight excluding hydrogens is 488 g/mol. The van der Waals surface area contributed by atoms with Gasteiger partial charge in [0.25, 0.3) is 0 Å². The maximum Gasteiger partial charge on any atom is 0.310 e. The average molecular weight is 527 g/mol. The number of ketones is 2. The molecule has 6 aliphatic carbocycles. The maximum absolute atomic E-state index is 13.5. The summed E-state index contributed by atoms with van der Waals surface area (Å²) in [7, 11) is 0. The Balaban J connectivity index is 1.19. The number of hydrogen-bond acceptors (Lipinski definition) is 7. The van der Waals surface area contributed by atoms with Crippen molar-refractivity contribution in [3.05, 3.63) is 23.8 Å². The zero-order valence-electron chi connectivity index (χ0n) is 22.1. The Morgan fingerprint density at radius 3 is 2.47 bits per heavy atom. The van der Waals surface area contributed by atoms with Gasteiger partial charge in [0, 0.05) is 11.8 Å². The highest BCUT2D eigenvalue weighted by Gasteiger charge is 2.68. The first-order chi connectivity index (χ1) is 17.9. The van der Waals surface area contributed by atoms with Crippen molar-refractivity contribution in [3.63, 3.8) is 0 Å².